The Balaban J connectivity index is 0.000000183. The summed E-state index contributed by atoms with van der Waals surface area (Å²) in [6.45, 7) is 11.5. The number of ketones is 1. The van der Waals surface area contributed by atoms with E-state index in [2.05, 4.69) is 13.8 Å². The van der Waals surface area contributed by atoms with Crippen molar-refractivity contribution in [2.75, 3.05) is 24.7 Å². The van der Waals surface area contributed by atoms with Crippen LogP contribution in [-0.2, 0) is 24.1 Å². The first-order chi connectivity index (χ1) is 37.5. The lowest BCUT2D eigenvalue weighted by molar-refractivity contribution is -0.362. The predicted octanol–water partition coefficient (Wildman–Crippen LogP) is 14.3. The van der Waals surface area contributed by atoms with Crippen molar-refractivity contribution >= 4 is 27.4 Å². The average Bonchev–Trinajstić information content (AvgIpc) is 1.83. The van der Waals surface area contributed by atoms with Crippen molar-refractivity contribution in [2.45, 2.75) is 206 Å². The number of alkyl halides is 10. The summed E-state index contributed by atoms with van der Waals surface area (Å²) in [6, 6.07) is 13.9. The van der Waals surface area contributed by atoms with Gasteiger partial charge in [0.15, 0.2) is 21.4 Å². The van der Waals surface area contributed by atoms with Gasteiger partial charge in [0, 0.05) is 52.2 Å². The van der Waals surface area contributed by atoms with Gasteiger partial charge in [0.2, 0.25) is 0 Å². The van der Waals surface area contributed by atoms with E-state index < -0.39 is 104 Å². The van der Waals surface area contributed by atoms with Crippen LogP contribution in [0.4, 0.5) is 43.9 Å². The zero-order chi connectivity index (χ0) is 59.2. The lowest BCUT2D eigenvalue weighted by Gasteiger charge is -2.59. The molecule has 8 nitrogen and oxygen atoms in total. The maximum Gasteiger partial charge on any atom is 0.456 e. The molecule has 0 amide bonds. The molecule has 3 N–H and O–H groups in total. The van der Waals surface area contributed by atoms with E-state index in [1.165, 1.54) is 32.9 Å². The summed E-state index contributed by atoms with van der Waals surface area (Å²) < 4.78 is 180. The third kappa shape index (κ3) is 9.47. The quantitative estimate of drug-likeness (QED) is 0.134. The molecule has 448 valence electrons. The number of thioether (sulfide) groups is 1. The standard InChI is InChI=1S/C33H43F5O4S.C28H31F5O4S/c1-5-43-21-8-6-20(7-9-21)23-16-28(4)24(12-15-31(28,40)32(34,35)33(36,37)38)22-10-13-29(39)17-30(14-11-25(29)26(22)23)41-18-27(2,3)19-42-30;1-3-38(36,37)19-8-4-16(5-9-19)22-15-25(2)23(12-13-26(25,35)27(29,30)28(31,32)33)21-10-6-17-14-18(34)7-11-20(17)24(21)22/h6-9,22-24,39-40H,5,10-19H2,1-4H3;4-5,8-9,14,21-23,35H,3,6-7,10-13,15H2,1-2H3/t22?,23-,24?,28+,29-,31+;21?,22-,23?,25+,26+/m11/s1. The molecule has 81 heavy (non-hydrogen) atoms. The highest BCUT2D eigenvalue weighted by Gasteiger charge is 2.81. The summed E-state index contributed by atoms with van der Waals surface area (Å²) >= 11 is 1.66. The van der Waals surface area contributed by atoms with Gasteiger partial charge >= 0.3 is 24.2 Å². The lowest BCUT2D eigenvalue weighted by atomic mass is 9.49. The van der Waals surface area contributed by atoms with E-state index in [-0.39, 0.29) is 65.8 Å². The molecule has 11 atom stereocenters. The van der Waals surface area contributed by atoms with Gasteiger partial charge in [-0.3, -0.25) is 4.79 Å². The second kappa shape index (κ2) is 20.2. The number of hydrogen-bond donors (Lipinski definition) is 3. The molecule has 0 radical (unpaired) electrons. The van der Waals surface area contributed by atoms with E-state index in [4.69, 9.17) is 9.47 Å². The van der Waals surface area contributed by atoms with Gasteiger partial charge < -0.3 is 24.8 Å². The Morgan fingerprint density at radius 3 is 1.64 bits per heavy atom. The second-order valence-corrected chi connectivity index (χ2v) is 29.7. The third-order valence-electron chi connectivity index (χ3n) is 21.3. The van der Waals surface area contributed by atoms with E-state index in [0.29, 0.717) is 70.1 Å². The Kier molecular flexibility index (Phi) is 15.1. The maximum absolute atomic E-state index is 15.3. The molecule has 0 bridgehead atoms. The number of hydrogen-bond acceptors (Lipinski definition) is 9. The SMILES string of the molecule is CCS(=O)(=O)c1ccc([C@H]2C[C@@]3(C)C(CC[C@@]3(O)C(F)(F)C(F)(F)F)C3CCC4=CC(=O)CCC4=C32)cc1.CCSc1ccc([C@H]2C[C@@]3(C)C(CC[C@@]3(O)C(F)(F)C(F)(F)F)C3CC[C@@]4(O)CC5(CCC4=C32)OCC(C)(C)CO5)cc1. The van der Waals surface area contributed by atoms with Gasteiger partial charge in [-0.15, -0.1) is 11.8 Å². The number of benzene rings is 2. The van der Waals surface area contributed by atoms with Crippen molar-refractivity contribution in [3.63, 3.8) is 0 Å². The molecule has 11 rings (SSSR count). The fourth-order valence-corrected chi connectivity index (χ4v) is 18.6. The highest BCUT2D eigenvalue weighted by Crippen LogP contribution is 2.73. The number of halogens is 10. The number of carbonyl (C=O) groups is 1. The van der Waals surface area contributed by atoms with Gasteiger partial charge in [0.1, 0.15) is 11.2 Å². The molecule has 9 aliphatic rings. The van der Waals surface area contributed by atoms with Gasteiger partial charge in [0.25, 0.3) is 0 Å². The second-order valence-electron chi connectivity index (χ2n) is 26.1. The van der Waals surface area contributed by atoms with Crippen LogP contribution in [0.3, 0.4) is 0 Å². The molecule has 8 aliphatic carbocycles. The average molecular weight is 1190 g/mol. The summed E-state index contributed by atoms with van der Waals surface area (Å²) in [5.74, 6) is -13.6. The van der Waals surface area contributed by atoms with Crippen LogP contribution in [0.15, 0.2) is 92.3 Å². The van der Waals surface area contributed by atoms with Gasteiger partial charge in [-0.25, -0.2) is 8.42 Å². The summed E-state index contributed by atoms with van der Waals surface area (Å²) in [5.41, 5.74) is -5.23. The van der Waals surface area contributed by atoms with Crippen LogP contribution >= 0.6 is 11.8 Å². The Labute approximate surface area is 471 Å². The Hall–Kier alpha value is -3.27. The largest absolute Gasteiger partial charge is 0.456 e. The van der Waals surface area contributed by atoms with Crippen molar-refractivity contribution < 1.29 is 81.9 Å². The molecule has 4 unspecified atom stereocenters. The summed E-state index contributed by atoms with van der Waals surface area (Å²) in [5, 5.41) is 35.1. The van der Waals surface area contributed by atoms with Crippen molar-refractivity contribution in [1.82, 2.24) is 0 Å². The van der Waals surface area contributed by atoms with Crippen LogP contribution in [0, 0.1) is 39.9 Å². The molecular formula is C61H74F10O8S2. The lowest BCUT2D eigenvalue weighted by Crippen LogP contribution is -2.65. The van der Waals surface area contributed by atoms with Crippen LogP contribution < -0.4 is 0 Å². The third-order valence-corrected chi connectivity index (χ3v) is 23.9. The van der Waals surface area contributed by atoms with Gasteiger partial charge in [-0.2, -0.15) is 43.9 Å². The molecule has 2 aromatic carbocycles. The number of allylic oxidation sites excluding steroid dienone is 5. The van der Waals surface area contributed by atoms with Crippen molar-refractivity contribution in [3.8, 4) is 0 Å². The molecule has 20 heteroatoms. The summed E-state index contributed by atoms with van der Waals surface area (Å²) in [7, 11) is -3.50. The van der Waals surface area contributed by atoms with Crippen molar-refractivity contribution in [2.24, 2.45) is 39.9 Å². The zero-order valence-corrected chi connectivity index (χ0v) is 48.2. The van der Waals surface area contributed by atoms with Crippen LogP contribution in [-0.4, -0.2) is 101 Å². The topological polar surface area (TPSA) is 130 Å². The Morgan fingerprint density at radius 1 is 0.630 bits per heavy atom. The highest BCUT2D eigenvalue weighted by molar-refractivity contribution is 7.99. The van der Waals surface area contributed by atoms with Crippen LogP contribution in [0.2, 0.25) is 0 Å². The van der Waals surface area contributed by atoms with Crippen molar-refractivity contribution in [1.29, 1.82) is 0 Å². The first-order valence-corrected chi connectivity index (χ1v) is 31.2. The number of carbonyl (C=O) groups excluding carboxylic acids is 1. The van der Waals surface area contributed by atoms with Gasteiger partial charge in [0.05, 0.1) is 29.5 Å². The smallest absolute Gasteiger partial charge is 0.385 e. The first kappa shape index (κ1) is 60.8. The maximum atomic E-state index is 15.3. The van der Waals surface area contributed by atoms with Crippen LogP contribution in [0.25, 0.3) is 0 Å². The fraction of sp³-hybridized carbons (Fsp3) is 0.689. The first-order valence-electron chi connectivity index (χ1n) is 28.6. The van der Waals surface area contributed by atoms with E-state index in [1.807, 2.05) is 31.2 Å². The minimum absolute atomic E-state index is 0.00850. The molecule has 1 aliphatic heterocycles. The van der Waals surface area contributed by atoms with Crippen molar-refractivity contribution in [3.05, 3.63) is 93.6 Å². The Bertz CT molecular complexity index is 3000. The molecule has 6 fully saturated rings. The number of aliphatic hydroxyl groups is 3. The van der Waals surface area contributed by atoms with Crippen LogP contribution in [0.5, 0.6) is 0 Å². The minimum Gasteiger partial charge on any atom is -0.385 e. The normalized spacial score (nSPS) is 36.6. The highest BCUT2D eigenvalue weighted by atomic mass is 32.2. The molecule has 1 saturated heterocycles. The number of rotatable bonds is 8. The van der Waals surface area contributed by atoms with Crippen LogP contribution in [0.1, 0.15) is 161 Å². The predicted molar refractivity (Wildman–Crippen MR) is 284 cm³/mol. The van der Waals surface area contributed by atoms with E-state index in [1.54, 1.807) is 30.0 Å². The number of ether oxygens (including phenoxy) is 2. The van der Waals surface area contributed by atoms with E-state index >= 15 is 17.6 Å². The van der Waals surface area contributed by atoms with Gasteiger partial charge in [-0.1, -0.05) is 77.0 Å². The molecule has 1 spiro atoms. The molecule has 0 aromatic heterocycles. The Morgan fingerprint density at radius 2 is 1.14 bits per heavy atom. The summed E-state index contributed by atoms with van der Waals surface area (Å²) in [4.78, 5) is 13.3. The number of sulfone groups is 1. The monoisotopic (exact) mass is 1190 g/mol. The zero-order valence-electron chi connectivity index (χ0n) is 46.6. The number of fused-ring (bicyclic) bond motifs is 8. The molecule has 2 aromatic rings. The summed E-state index contributed by atoms with van der Waals surface area (Å²) in [6.07, 6.45) is -7.67. The molecule has 1 heterocycles. The minimum atomic E-state index is -5.91. The van der Waals surface area contributed by atoms with Gasteiger partial charge in [-0.05, 0) is 165 Å². The molecular weight excluding hydrogens is 1110 g/mol. The van der Waals surface area contributed by atoms with E-state index in [0.717, 1.165) is 44.1 Å². The molecule has 5 saturated carbocycles. The van der Waals surface area contributed by atoms with E-state index in [9.17, 15) is 54.9 Å². The fourth-order valence-electron chi connectivity index (χ4n) is 17.1.